The zero-order valence-corrected chi connectivity index (χ0v) is 14.4. The summed E-state index contributed by atoms with van der Waals surface area (Å²) in [5, 5.41) is 2.81. The van der Waals surface area contributed by atoms with E-state index in [9.17, 15) is 13.2 Å². The van der Waals surface area contributed by atoms with E-state index < -0.39 is 15.1 Å². The van der Waals surface area contributed by atoms with Crippen molar-refractivity contribution in [3.8, 4) is 0 Å². The maximum Gasteiger partial charge on any atom is 0.255 e. The Labute approximate surface area is 132 Å². The van der Waals surface area contributed by atoms with Crippen LogP contribution in [0.4, 0.5) is 0 Å². The SMILES string of the molecule is CC(C)S(=O)(=O)c1ccccc1C(=O)N1C[C@@H](C)N[C@@H](C)C1. The van der Waals surface area contributed by atoms with Crippen molar-refractivity contribution >= 4 is 15.7 Å². The van der Waals surface area contributed by atoms with Crippen LogP contribution in [0.2, 0.25) is 0 Å². The van der Waals surface area contributed by atoms with E-state index in [2.05, 4.69) is 5.32 Å². The minimum atomic E-state index is -3.48. The molecule has 6 heteroatoms. The van der Waals surface area contributed by atoms with Gasteiger partial charge in [0, 0.05) is 25.2 Å². The van der Waals surface area contributed by atoms with E-state index in [1.54, 1.807) is 36.9 Å². The van der Waals surface area contributed by atoms with Crippen molar-refractivity contribution in [2.45, 2.75) is 49.9 Å². The smallest absolute Gasteiger partial charge is 0.255 e. The Morgan fingerprint density at radius 1 is 1.18 bits per heavy atom. The van der Waals surface area contributed by atoms with E-state index in [-0.39, 0.29) is 28.4 Å². The molecule has 0 aliphatic carbocycles. The summed E-state index contributed by atoms with van der Waals surface area (Å²) in [6.07, 6.45) is 0. The van der Waals surface area contributed by atoms with Gasteiger partial charge in [-0.25, -0.2) is 8.42 Å². The van der Waals surface area contributed by atoms with Crippen molar-refractivity contribution in [3.63, 3.8) is 0 Å². The highest BCUT2D eigenvalue weighted by atomic mass is 32.2. The maximum absolute atomic E-state index is 12.8. The van der Waals surface area contributed by atoms with Crippen LogP contribution in [0.25, 0.3) is 0 Å². The summed E-state index contributed by atoms with van der Waals surface area (Å²) in [6, 6.07) is 6.90. The third-order valence-electron chi connectivity index (χ3n) is 3.89. The number of piperazine rings is 1. The van der Waals surface area contributed by atoms with Gasteiger partial charge in [0.2, 0.25) is 0 Å². The first-order valence-corrected chi connectivity index (χ1v) is 9.16. The fraction of sp³-hybridized carbons (Fsp3) is 0.562. The number of rotatable bonds is 3. The van der Waals surface area contributed by atoms with Gasteiger partial charge < -0.3 is 10.2 Å². The molecule has 1 heterocycles. The van der Waals surface area contributed by atoms with Gasteiger partial charge in [0.1, 0.15) is 0 Å². The minimum absolute atomic E-state index is 0.133. The lowest BCUT2D eigenvalue weighted by molar-refractivity contribution is 0.0670. The Balaban J connectivity index is 2.39. The first-order chi connectivity index (χ1) is 10.2. The summed E-state index contributed by atoms with van der Waals surface area (Å²) in [4.78, 5) is 14.7. The Bertz CT molecular complexity index is 645. The number of nitrogens with one attached hydrogen (secondary N) is 1. The highest BCUT2D eigenvalue weighted by molar-refractivity contribution is 7.92. The highest BCUT2D eigenvalue weighted by Gasteiger charge is 2.30. The van der Waals surface area contributed by atoms with Gasteiger partial charge in [0.25, 0.3) is 5.91 Å². The largest absolute Gasteiger partial charge is 0.336 e. The normalized spacial score (nSPS) is 22.9. The highest BCUT2D eigenvalue weighted by Crippen LogP contribution is 2.22. The molecule has 22 heavy (non-hydrogen) atoms. The van der Waals surface area contributed by atoms with Crippen LogP contribution < -0.4 is 5.32 Å². The average Bonchev–Trinajstić information content (AvgIpc) is 2.45. The van der Waals surface area contributed by atoms with Gasteiger partial charge in [-0.3, -0.25) is 4.79 Å². The van der Waals surface area contributed by atoms with E-state index in [0.29, 0.717) is 13.1 Å². The fourth-order valence-corrected chi connectivity index (χ4v) is 4.05. The van der Waals surface area contributed by atoms with Crippen LogP contribution in [0.3, 0.4) is 0 Å². The van der Waals surface area contributed by atoms with Crippen molar-refractivity contribution < 1.29 is 13.2 Å². The molecule has 0 saturated carbocycles. The standard InChI is InChI=1S/C16H24N2O3S/c1-11(2)22(20,21)15-8-6-5-7-14(15)16(19)18-9-12(3)17-13(4)10-18/h5-8,11-13,17H,9-10H2,1-4H3/t12-,13+. The third-order valence-corrected chi connectivity index (χ3v) is 6.10. The van der Waals surface area contributed by atoms with Crippen LogP contribution in [-0.2, 0) is 9.84 Å². The Morgan fingerprint density at radius 3 is 2.27 bits per heavy atom. The van der Waals surface area contributed by atoms with E-state index >= 15 is 0 Å². The Morgan fingerprint density at radius 2 is 1.73 bits per heavy atom. The van der Waals surface area contributed by atoms with E-state index in [1.807, 2.05) is 13.8 Å². The zero-order chi connectivity index (χ0) is 16.5. The number of benzene rings is 1. The third kappa shape index (κ3) is 3.33. The monoisotopic (exact) mass is 324 g/mol. The quantitative estimate of drug-likeness (QED) is 0.919. The molecule has 2 atom stereocenters. The molecule has 1 aliphatic heterocycles. The van der Waals surface area contributed by atoms with Gasteiger partial charge in [-0.15, -0.1) is 0 Å². The number of carbonyl (C=O) groups excluding carboxylic acids is 1. The van der Waals surface area contributed by atoms with E-state index in [4.69, 9.17) is 0 Å². The van der Waals surface area contributed by atoms with Gasteiger partial charge in [-0.05, 0) is 39.8 Å². The Kier molecular flexibility index (Phi) is 4.92. The van der Waals surface area contributed by atoms with Crippen LogP contribution in [0.1, 0.15) is 38.1 Å². The van der Waals surface area contributed by atoms with Crippen molar-refractivity contribution in [1.29, 1.82) is 0 Å². The molecule has 0 radical (unpaired) electrons. The van der Waals surface area contributed by atoms with Gasteiger partial charge in [0.15, 0.2) is 9.84 Å². The van der Waals surface area contributed by atoms with E-state index in [1.165, 1.54) is 6.07 Å². The van der Waals surface area contributed by atoms with Crippen LogP contribution in [0.5, 0.6) is 0 Å². The lowest BCUT2D eigenvalue weighted by atomic mass is 10.1. The first-order valence-electron chi connectivity index (χ1n) is 7.61. The fourth-order valence-electron chi connectivity index (χ4n) is 2.81. The van der Waals surface area contributed by atoms with Crippen LogP contribution in [0, 0.1) is 0 Å². The van der Waals surface area contributed by atoms with Gasteiger partial charge in [-0.1, -0.05) is 12.1 Å². The first kappa shape index (κ1) is 17.0. The topological polar surface area (TPSA) is 66.5 Å². The van der Waals surface area contributed by atoms with Crippen molar-refractivity contribution in [3.05, 3.63) is 29.8 Å². The molecule has 2 rings (SSSR count). The lowest BCUT2D eigenvalue weighted by Gasteiger charge is -2.36. The predicted octanol–water partition coefficient (Wildman–Crippen LogP) is 1.69. The van der Waals surface area contributed by atoms with Gasteiger partial charge >= 0.3 is 0 Å². The molecule has 0 spiro atoms. The summed E-state index contributed by atoms with van der Waals surface area (Å²) in [7, 11) is -3.48. The second kappa shape index (κ2) is 6.38. The molecule has 1 amide bonds. The zero-order valence-electron chi connectivity index (χ0n) is 13.5. The number of hydrogen-bond acceptors (Lipinski definition) is 4. The molecular formula is C16H24N2O3S. The Hall–Kier alpha value is -1.40. The van der Waals surface area contributed by atoms with Crippen LogP contribution in [-0.4, -0.2) is 49.6 Å². The molecule has 1 saturated heterocycles. The van der Waals surface area contributed by atoms with Crippen LogP contribution in [0.15, 0.2) is 29.2 Å². The predicted molar refractivity (Wildman–Crippen MR) is 86.7 cm³/mol. The van der Waals surface area contributed by atoms with Crippen LogP contribution >= 0.6 is 0 Å². The van der Waals surface area contributed by atoms with Crippen molar-refractivity contribution in [2.24, 2.45) is 0 Å². The molecule has 1 aliphatic rings. The molecule has 1 aromatic carbocycles. The minimum Gasteiger partial charge on any atom is -0.336 e. The number of hydrogen-bond donors (Lipinski definition) is 1. The number of amides is 1. The summed E-state index contributed by atoms with van der Waals surface area (Å²) in [5.41, 5.74) is 0.275. The summed E-state index contributed by atoms with van der Waals surface area (Å²) >= 11 is 0. The molecule has 1 N–H and O–H groups in total. The van der Waals surface area contributed by atoms with Gasteiger partial charge in [0.05, 0.1) is 15.7 Å². The number of sulfone groups is 1. The second-order valence-electron chi connectivity index (χ2n) is 6.27. The van der Waals surface area contributed by atoms with E-state index in [0.717, 1.165) is 0 Å². The average molecular weight is 324 g/mol. The second-order valence-corrected chi connectivity index (χ2v) is 8.74. The molecular weight excluding hydrogens is 300 g/mol. The number of nitrogens with zero attached hydrogens (tertiary/aromatic N) is 1. The molecule has 1 aromatic rings. The van der Waals surface area contributed by atoms with Crippen molar-refractivity contribution in [1.82, 2.24) is 10.2 Å². The molecule has 0 unspecified atom stereocenters. The summed E-state index contributed by atoms with van der Waals surface area (Å²) in [6.45, 7) is 8.47. The maximum atomic E-state index is 12.8. The van der Waals surface area contributed by atoms with Gasteiger partial charge in [-0.2, -0.15) is 0 Å². The molecule has 0 aromatic heterocycles. The molecule has 5 nitrogen and oxygen atoms in total. The molecule has 122 valence electrons. The van der Waals surface area contributed by atoms with Crippen molar-refractivity contribution in [2.75, 3.05) is 13.1 Å². The number of carbonyl (C=O) groups is 1. The summed E-state index contributed by atoms with van der Waals surface area (Å²) in [5.74, 6) is -0.208. The lowest BCUT2D eigenvalue weighted by Crippen LogP contribution is -2.56. The summed E-state index contributed by atoms with van der Waals surface area (Å²) < 4.78 is 25.0. The molecule has 1 fully saturated rings. The molecule has 0 bridgehead atoms.